The van der Waals surface area contributed by atoms with Crippen LogP contribution in [0.15, 0.2) is 18.5 Å². The van der Waals surface area contributed by atoms with Gasteiger partial charge >= 0.3 is 0 Å². The Morgan fingerprint density at radius 3 is 2.74 bits per heavy atom. The number of nitrogens with one attached hydrogen (secondary N) is 1. The number of pyridine rings is 1. The second-order valence-electron chi connectivity index (χ2n) is 6.38. The highest BCUT2D eigenvalue weighted by Gasteiger charge is 2.32. The standard InChI is InChI=1S/C16H25N3O3S/c1-4-19(14-5-6-23(21,22)11-14)15-7-13(9-17-10-15)16(20)18-8-12(2)3/h7,9-10,12,14H,4-6,8,11H2,1-3H3,(H,18,20). The molecule has 0 spiro atoms. The van der Waals surface area contributed by atoms with Gasteiger partial charge in [0, 0.05) is 25.3 Å². The lowest BCUT2D eigenvalue weighted by Crippen LogP contribution is -2.36. The van der Waals surface area contributed by atoms with E-state index in [9.17, 15) is 13.2 Å². The van der Waals surface area contributed by atoms with Crippen molar-refractivity contribution in [2.45, 2.75) is 33.2 Å². The van der Waals surface area contributed by atoms with Gasteiger partial charge in [-0.15, -0.1) is 0 Å². The number of nitrogens with zero attached hydrogens (tertiary/aromatic N) is 2. The Morgan fingerprint density at radius 2 is 2.17 bits per heavy atom. The minimum Gasteiger partial charge on any atom is -0.367 e. The molecular weight excluding hydrogens is 314 g/mol. The molecule has 1 saturated heterocycles. The summed E-state index contributed by atoms with van der Waals surface area (Å²) in [6.07, 6.45) is 3.85. The molecule has 0 bridgehead atoms. The summed E-state index contributed by atoms with van der Waals surface area (Å²) in [4.78, 5) is 18.4. The number of rotatable bonds is 6. The van der Waals surface area contributed by atoms with Crippen molar-refractivity contribution in [2.75, 3.05) is 29.5 Å². The molecule has 0 radical (unpaired) electrons. The summed E-state index contributed by atoms with van der Waals surface area (Å²) < 4.78 is 23.4. The number of amides is 1. The Kier molecular flexibility index (Phi) is 5.62. The highest BCUT2D eigenvalue weighted by atomic mass is 32.2. The fraction of sp³-hybridized carbons (Fsp3) is 0.625. The van der Waals surface area contributed by atoms with Crippen LogP contribution in [0.5, 0.6) is 0 Å². The van der Waals surface area contributed by atoms with Crippen LogP contribution in [-0.4, -0.2) is 49.9 Å². The van der Waals surface area contributed by atoms with E-state index in [0.717, 1.165) is 5.69 Å². The van der Waals surface area contributed by atoms with Gasteiger partial charge in [-0.1, -0.05) is 13.8 Å². The first-order valence-electron chi connectivity index (χ1n) is 8.02. The van der Waals surface area contributed by atoms with Crippen molar-refractivity contribution in [1.82, 2.24) is 10.3 Å². The maximum absolute atomic E-state index is 12.2. The molecule has 1 aromatic rings. The van der Waals surface area contributed by atoms with Gasteiger partial charge in [-0.2, -0.15) is 0 Å². The van der Waals surface area contributed by atoms with E-state index in [-0.39, 0.29) is 23.5 Å². The van der Waals surface area contributed by atoms with Crippen molar-refractivity contribution in [2.24, 2.45) is 5.92 Å². The Labute approximate surface area is 138 Å². The zero-order valence-electron chi connectivity index (χ0n) is 13.9. The van der Waals surface area contributed by atoms with Gasteiger partial charge in [0.15, 0.2) is 9.84 Å². The van der Waals surface area contributed by atoms with Crippen LogP contribution >= 0.6 is 0 Å². The van der Waals surface area contributed by atoms with E-state index in [1.165, 1.54) is 0 Å². The van der Waals surface area contributed by atoms with Crippen LogP contribution in [0.4, 0.5) is 5.69 Å². The first-order chi connectivity index (χ1) is 10.8. The molecule has 1 aliphatic rings. The minimum atomic E-state index is -2.94. The van der Waals surface area contributed by atoms with Crippen molar-refractivity contribution in [3.63, 3.8) is 0 Å². The minimum absolute atomic E-state index is 0.0409. The molecule has 2 rings (SSSR count). The Hall–Kier alpha value is -1.63. The number of carbonyl (C=O) groups is 1. The molecule has 1 amide bonds. The summed E-state index contributed by atoms with van der Waals surface area (Å²) >= 11 is 0. The van der Waals surface area contributed by atoms with Crippen molar-refractivity contribution in [3.8, 4) is 0 Å². The number of carbonyl (C=O) groups excluding carboxylic acids is 1. The fourth-order valence-corrected chi connectivity index (χ4v) is 4.51. The van der Waals surface area contributed by atoms with Crippen molar-refractivity contribution < 1.29 is 13.2 Å². The summed E-state index contributed by atoms with van der Waals surface area (Å²) in [5, 5.41) is 2.87. The van der Waals surface area contributed by atoms with Gasteiger partial charge in [0.2, 0.25) is 0 Å². The summed E-state index contributed by atoms with van der Waals surface area (Å²) in [5.41, 5.74) is 1.30. The second kappa shape index (κ2) is 7.29. The molecule has 0 aromatic carbocycles. The zero-order valence-corrected chi connectivity index (χ0v) is 14.8. The average Bonchev–Trinajstić information content (AvgIpc) is 2.86. The van der Waals surface area contributed by atoms with E-state index in [1.54, 1.807) is 18.5 Å². The molecular formula is C16H25N3O3S. The Morgan fingerprint density at radius 1 is 1.43 bits per heavy atom. The lowest BCUT2D eigenvalue weighted by Gasteiger charge is -2.29. The van der Waals surface area contributed by atoms with Crippen molar-refractivity contribution in [3.05, 3.63) is 24.0 Å². The van der Waals surface area contributed by atoms with Crippen LogP contribution in [0.2, 0.25) is 0 Å². The normalized spacial score (nSPS) is 19.7. The molecule has 6 nitrogen and oxygen atoms in total. The fourth-order valence-electron chi connectivity index (χ4n) is 2.78. The third kappa shape index (κ3) is 4.67. The van der Waals surface area contributed by atoms with Crippen LogP contribution in [0.3, 0.4) is 0 Å². The largest absolute Gasteiger partial charge is 0.367 e. The predicted octanol–water partition coefficient (Wildman–Crippen LogP) is 1.48. The van der Waals surface area contributed by atoms with E-state index >= 15 is 0 Å². The zero-order chi connectivity index (χ0) is 17.0. The Balaban J connectivity index is 2.15. The van der Waals surface area contributed by atoms with Crippen molar-refractivity contribution >= 4 is 21.4 Å². The first kappa shape index (κ1) is 17.7. The quantitative estimate of drug-likeness (QED) is 0.849. The van der Waals surface area contributed by atoms with E-state index in [0.29, 0.717) is 31.0 Å². The number of anilines is 1. The molecule has 23 heavy (non-hydrogen) atoms. The number of aromatic nitrogens is 1. The second-order valence-corrected chi connectivity index (χ2v) is 8.61. The highest BCUT2D eigenvalue weighted by molar-refractivity contribution is 7.91. The van der Waals surface area contributed by atoms with Gasteiger partial charge in [0.1, 0.15) is 0 Å². The van der Waals surface area contributed by atoms with Gasteiger partial charge in [-0.05, 0) is 25.3 Å². The molecule has 1 fully saturated rings. The van der Waals surface area contributed by atoms with E-state index in [4.69, 9.17) is 0 Å². The summed E-state index contributed by atoms with van der Waals surface area (Å²) in [6, 6.07) is 1.75. The molecule has 0 aliphatic carbocycles. The van der Waals surface area contributed by atoms with E-state index < -0.39 is 9.84 Å². The van der Waals surface area contributed by atoms with Gasteiger partial charge in [-0.3, -0.25) is 9.78 Å². The average molecular weight is 339 g/mol. The summed E-state index contributed by atoms with van der Waals surface area (Å²) in [5.74, 6) is 0.634. The first-order valence-corrected chi connectivity index (χ1v) is 9.85. The maximum atomic E-state index is 12.2. The number of hydrogen-bond donors (Lipinski definition) is 1. The molecule has 0 saturated carbocycles. The highest BCUT2D eigenvalue weighted by Crippen LogP contribution is 2.24. The van der Waals surface area contributed by atoms with E-state index in [1.807, 2.05) is 25.7 Å². The molecule has 1 atom stereocenters. The van der Waals surface area contributed by atoms with Crippen LogP contribution in [0.1, 0.15) is 37.6 Å². The van der Waals surface area contributed by atoms with Crippen LogP contribution in [0, 0.1) is 5.92 Å². The molecule has 2 heterocycles. The molecule has 128 valence electrons. The monoisotopic (exact) mass is 339 g/mol. The van der Waals surface area contributed by atoms with E-state index in [2.05, 4.69) is 10.3 Å². The van der Waals surface area contributed by atoms with Gasteiger partial charge in [-0.25, -0.2) is 8.42 Å². The van der Waals surface area contributed by atoms with Crippen molar-refractivity contribution in [1.29, 1.82) is 0 Å². The predicted molar refractivity (Wildman–Crippen MR) is 91.5 cm³/mol. The molecule has 1 unspecified atom stereocenters. The lowest BCUT2D eigenvalue weighted by atomic mass is 10.1. The smallest absolute Gasteiger partial charge is 0.252 e. The SMILES string of the molecule is CCN(c1cncc(C(=O)NCC(C)C)c1)C1CCS(=O)(=O)C1. The third-order valence-corrected chi connectivity index (χ3v) is 5.73. The van der Waals surface area contributed by atoms with Crippen LogP contribution in [0.25, 0.3) is 0 Å². The summed E-state index contributed by atoms with van der Waals surface area (Å²) in [6.45, 7) is 7.35. The molecule has 1 N–H and O–H groups in total. The summed E-state index contributed by atoms with van der Waals surface area (Å²) in [7, 11) is -2.94. The number of hydrogen-bond acceptors (Lipinski definition) is 5. The van der Waals surface area contributed by atoms with Gasteiger partial charge in [0.25, 0.3) is 5.91 Å². The molecule has 1 aromatic heterocycles. The number of sulfone groups is 1. The van der Waals surface area contributed by atoms with Crippen LogP contribution < -0.4 is 10.2 Å². The topological polar surface area (TPSA) is 79.4 Å². The van der Waals surface area contributed by atoms with Gasteiger partial charge in [0.05, 0.1) is 29.0 Å². The molecule has 1 aliphatic heterocycles. The lowest BCUT2D eigenvalue weighted by molar-refractivity contribution is 0.0948. The van der Waals surface area contributed by atoms with Gasteiger partial charge < -0.3 is 10.2 Å². The molecule has 7 heteroatoms. The maximum Gasteiger partial charge on any atom is 0.252 e. The third-order valence-electron chi connectivity index (χ3n) is 3.98. The Bertz CT molecular complexity index is 658. The van der Waals surface area contributed by atoms with Crippen LogP contribution in [-0.2, 0) is 9.84 Å².